The van der Waals surface area contributed by atoms with Crippen molar-refractivity contribution >= 4 is 5.91 Å². The fourth-order valence-electron chi connectivity index (χ4n) is 3.00. The first kappa shape index (κ1) is 17.4. The summed E-state index contributed by atoms with van der Waals surface area (Å²) in [4.78, 5) is 19.7. The Bertz CT molecular complexity index is 709. The molecule has 10 heteroatoms. The van der Waals surface area contributed by atoms with Crippen LogP contribution in [0.5, 0.6) is 0 Å². The number of aliphatic hydroxyl groups is 2. The molecule has 2 heterocycles. The van der Waals surface area contributed by atoms with Crippen LogP contribution in [0.4, 0.5) is 0 Å². The number of aliphatic hydroxyl groups excluding tert-OH is 2. The number of carbonyl (C=O) groups excluding carboxylic acids is 1. The summed E-state index contributed by atoms with van der Waals surface area (Å²) in [5.41, 5.74) is 0.984. The van der Waals surface area contributed by atoms with E-state index in [1.807, 2.05) is 0 Å². The van der Waals surface area contributed by atoms with Crippen LogP contribution in [0.2, 0.25) is 0 Å². The van der Waals surface area contributed by atoms with Crippen LogP contribution < -0.4 is 5.32 Å². The Labute approximate surface area is 143 Å². The summed E-state index contributed by atoms with van der Waals surface area (Å²) in [6, 6.07) is -0.560. The molecule has 4 atom stereocenters. The highest BCUT2D eigenvalue weighted by molar-refractivity contribution is 5.93. The number of methoxy groups -OCH3 is 1. The number of carbonyl (C=O) groups is 1. The van der Waals surface area contributed by atoms with Gasteiger partial charge < -0.3 is 20.3 Å². The highest BCUT2D eigenvalue weighted by atomic mass is 16.5. The van der Waals surface area contributed by atoms with Gasteiger partial charge in [-0.25, -0.2) is 9.97 Å². The summed E-state index contributed by atoms with van der Waals surface area (Å²) in [6.45, 7) is 0.740. The van der Waals surface area contributed by atoms with Crippen molar-refractivity contribution in [2.45, 2.75) is 37.8 Å². The lowest BCUT2D eigenvalue weighted by Gasteiger charge is -2.18. The molecule has 0 spiro atoms. The van der Waals surface area contributed by atoms with Crippen LogP contribution in [-0.2, 0) is 17.9 Å². The zero-order valence-electron chi connectivity index (χ0n) is 13.7. The lowest BCUT2D eigenvalue weighted by Crippen LogP contribution is -2.43. The molecule has 25 heavy (non-hydrogen) atoms. The first-order chi connectivity index (χ1) is 12.1. The van der Waals surface area contributed by atoms with Crippen molar-refractivity contribution in [3.63, 3.8) is 0 Å². The molecule has 3 N–H and O–H groups in total. The molecule has 3 rings (SSSR count). The Kier molecular flexibility index (Phi) is 5.31. The summed E-state index contributed by atoms with van der Waals surface area (Å²) in [5, 5.41) is 31.2. The highest BCUT2D eigenvalue weighted by Gasteiger charge is 2.42. The molecule has 1 aliphatic rings. The molecule has 1 fully saturated rings. The molecule has 0 aliphatic heterocycles. The molecule has 0 bridgehead atoms. The molecule has 0 aromatic carbocycles. The third kappa shape index (κ3) is 3.98. The summed E-state index contributed by atoms with van der Waals surface area (Å²) in [7, 11) is 1.57. The van der Waals surface area contributed by atoms with E-state index in [0.717, 1.165) is 0 Å². The van der Waals surface area contributed by atoms with Crippen LogP contribution in [0, 0.1) is 5.92 Å². The van der Waals surface area contributed by atoms with Crippen LogP contribution in [0.15, 0.2) is 24.9 Å². The fraction of sp³-hybridized carbons (Fsp3) is 0.533. The van der Waals surface area contributed by atoms with Gasteiger partial charge in [-0.15, -0.1) is 5.10 Å². The SMILES string of the molecule is COCc1cn(C[C@H]2C[C@@H](NC(=O)c3cncnc3)[C@H](O)[C@@H]2O)nn1. The first-order valence-electron chi connectivity index (χ1n) is 7.88. The Hall–Kier alpha value is -2.43. The Balaban J connectivity index is 1.61. The van der Waals surface area contributed by atoms with Gasteiger partial charge in [-0.1, -0.05) is 5.21 Å². The van der Waals surface area contributed by atoms with Crippen molar-refractivity contribution in [1.82, 2.24) is 30.3 Å². The van der Waals surface area contributed by atoms with E-state index in [0.29, 0.717) is 30.8 Å². The number of aromatic nitrogens is 5. The van der Waals surface area contributed by atoms with Gasteiger partial charge in [-0.3, -0.25) is 9.48 Å². The number of nitrogens with one attached hydrogen (secondary N) is 1. The zero-order valence-corrected chi connectivity index (χ0v) is 13.7. The summed E-state index contributed by atoms with van der Waals surface area (Å²) in [5.74, 6) is -0.648. The van der Waals surface area contributed by atoms with Gasteiger partial charge in [0.2, 0.25) is 0 Å². The van der Waals surface area contributed by atoms with E-state index in [1.54, 1.807) is 18.0 Å². The van der Waals surface area contributed by atoms with Gasteiger partial charge in [0, 0.05) is 32.0 Å². The smallest absolute Gasteiger partial charge is 0.254 e. The lowest BCUT2D eigenvalue weighted by molar-refractivity contribution is 0.00761. The molecule has 0 radical (unpaired) electrons. The zero-order chi connectivity index (χ0) is 17.8. The molecule has 2 aromatic heterocycles. The van der Waals surface area contributed by atoms with Crippen molar-refractivity contribution in [3.05, 3.63) is 36.2 Å². The number of ether oxygens (including phenoxy) is 1. The van der Waals surface area contributed by atoms with E-state index in [9.17, 15) is 15.0 Å². The molecule has 0 saturated heterocycles. The minimum absolute atomic E-state index is 0.260. The quantitative estimate of drug-likeness (QED) is 0.589. The summed E-state index contributed by atoms with van der Waals surface area (Å²) in [6.07, 6.45) is 4.25. The van der Waals surface area contributed by atoms with Crippen LogP contribution in [0.3, 0.4) is 0 Å². The number of nitrogens with zero attached hydrogens (tertiary/aromatic N) is 5. The van der Waals surface area contributed by atoms with Crippen LogP contribution in [0.25, 0.3) is 0 Å². The molecule has 1 aliphatic carbocycles. The van der Waals surface area contributed by atoms with Gasteiger partial charge in [-0.05, 0) is 6.42 Å². The average Bonchev–Trinajstić information content (AvgIpc) is 3.16. The predicted molar refractivity (Wildman–Crippen MR) is 84.1 cm³/mol. The van der Waals surface area contributed by atoms with Crippen molar-refractivity contribution in [2.24, 2.45) is 5.92 Å². The molecule has 2 aromatic rings. The van der Waals surface area contributed by atoms with Gasteiger partial charge in [0.25, 0.3) is 5.91 Å². The third-order valence-electron chi connectivity index (χ3n) is 4.24. The number of hydrogen-bond acceptors (Lipinski definition) is 8. The van der Waals surface area contributed by atoms with Crippen LogP contribution in [-0.4, -0.2) is 66.4 Å². The van der Waals surface area contributed by atoms with Gasteiger partial charge in [-0.2, -0.15) is 0 Å². The topological polar surface area (TPSA) is 135 Å². The lowest BCUT2D eigenvalue weighted by atomic mass is 10.1. The van der Waals surface area contributed by atoms with Crippen molar-refractivity contribution in [3.8, 4) is 0 Å². The number of rotatable bonds is 6. The summed E-state index contributed by atoms with van der Waals surface area (Å²) < 4.78 is 6.59. The maximum absolute atomic E-state index is 12.2. The maximum Gasteiger partial charge on any atom is 0.254 e. The van der Waals surface area contributed by atoms with E-state index in [1.165, 1.54) is 18.7 Å². The maximum atomic E-state index is 12.2. The normalized spacial score (nSPS) is 25.9. The van der Waals surface area contributed by atoms with Crippen molar-refractivity contribution in [2.75, 3.05) is 7.11 Å². The highest BCUT2D eigenvalue weighted by Crippen LogP contribution is 2.28. The number of hydrogen-bond donors (Lipinski definition) is 3. The van der Waals surface area contributed by atoms with Gasteiger partial charge >= 0.3 is 0 Å². The standard InChI is InChI=1S/C15H20N6O4/c1-25-7-11-6-21(20-19-11)5-9-2-12(14(23)13(9)22)18-15(24)10-3-16-8-17-4-10/h3-4,6,8-9,12-14,22-23H,2,5,7H2,1H3,(H,18,24)/t9-,12-,13-,14+/m1/s1. The van der Waals surface area contributed by atoms with E-state index in [2.05, 4.69) is 25.6 Å². The average molecular weight is 348 g/mol. The second-order valence-electron chi connectivity index (χ2n) is 6.05. The second-order valence-corrected chi connectivity index (χ2v) is 6.05. The molecule has 1 saturated carbocycles. The van der Waals surface area contributed by atoms with Crippen LogP contribution in [0.1, 0.15) is 22.5 Å². The second kappa shape index (κ2) is 7.64. The largest absolute Gasteiger partial charge is 0.390 e. The minimum Gasteiger partial charge on any atom is -0.390 e. The molecular formula is C15H20N6O4. The minimum atomic E-state index is -1.06. The molecule has 1 amide bonds. The summed E-state index contributed by atoms with van der Waals surface area (Å²) >= 11 is 0. The van der Waals surface area contributed by atoms with Gasteiger partial charge in [0.1, 0.15) is 18.1 Å². The van der Waals surface area contributed by atoms with Crippen molar-refractivity contribution < 1.29 is 19.7 Å². The third-order valence-corrected chi connectivity index (χ3v) is 4.24. The van der Waals surface area contributed by atoms with Gasteiger partial charge in [0.05, 0.1) is 30.5 Å². The van der Waals surface area contributed by atoms with E-state index in [4.69, 9.17) is 4.74 Å². The van der Waals surface area contributed by atoms with E-state index < -0.39 is 18.2 Å². The molecule has 0 unspecified atom stereocenters. The molecular weight excluding hydrogens is 328 g/mol. The monoisotopic (exact) mass is 348 g/mol. The fourth-order valence-corrected chi connectivity index (χ4v) is 3.00. The van der Waals surface area contributed by atoms with E-state index in [-0.39, 0.29) is 11.8 Å². The van der Waals surface area contributed by atoms with Crippen LogP contribution >= 0.6 is 0 Å². The Morgan fingerprint density at radius 3 is 2.84 bits per heavy atom. The van der Waals surface area contributed by atoms with Crippen molar-refractivity contribution in [1.29, 1.82) is 0 Å². The van der Waals surface area contributed by atoms with E-state index >= 15 is 0 Å². The molecule has 10 nitrogen and oxygen atoms in total. The Morgan fingerprint density at radius 2 is 2.12 bits per heavy atom. The Morgan fingerprint density at radius 1 is 1.36 bits per heavy atom. The predicted octanol–water partition coefficient (Wildman–Crippen LogP) is -1.25. The number of amides is 1. The first-order valence-corrected chi connectivity index (χ1v) is 7.88. The molecule has 134 valence electrons. The van der Waals surface area contributed by atoms with Gasteiger partial charge in [0.15, 0.2) is 0 Å².